The van der Waals surface area contributed by atoms with E-state index in [1.807, 2.05) is 0 Å². The molecule has 7 heteroatoms. The maximum atomic E-state index is 12.3. The van der Waals surface area contributed by atoms with Crippen molar-refractivity contribution in [2.24, 2.45) is 11.8 Å². The Balaban J connectivity index is 2.16. The summed E-state index contributed by atoms with van der Waals surface area (Å²) in [5.74, 6) is 0.512. The first-order valence-corrected chi connectivity index (χ1v) is 7.38. The largest absolute Gasteiger partial charge is 0.349 e. The van der Waals surface area contributed by atoms with Gasteiger partial charge in [-0.25, -0.2) is 4.98 Å². The lowest BCUT2D eigenvalue weighted by atomic mass is 9.78. The van der Waals surface area contributed by atoms with Crippen molar-refractivity contribution in [3.05, 3.63) is 33.1 Å². The lowest BCUT2D eigenvalue weighted by Gasteiger charge is -2.34. The summed E-state index contributed by atoms with van der Waals surface area (Å²) < 4.78 is 0. The molecular formula is C14H18ClN3O3. The number of nitrogens with one attached hydrogen (secondary N) is 1. The van der Waals surface area contributed by atoms with Crippen molar-refractivity contribution < 1.29 is 9.72 Å². The average molecular weight is 312 g/mol. The van der Waals surface area contributed by atoms with Crippen molar-refractivity contribution in [3.8, 4) is 0 Å². The normalized spacial score (nSPS) is 25.4. The van der Waals surface area contributed by atoms with Crippen LogP contribution < -0.4 is 5.32 Å². The molecule has 1 aromatic heterocycles. The van der Waals surface area contributed by atoms with Gasteiger partial charge in [0, 0.05) is 12.1 Å². The molecule has 1 heterocycles. The molecule has 2 rings (SSSR count). The minimum absolute atomic E-state index is 0.0189. The lowest BCUT2D eigenvalue weighted by Crippen LogP contribution is -2.43. The molecule has 0 radical (unpaired) electrons. The molecule has 1 aromatic rings. The maximum Gasteiger partial charge on any atom is 0.288 e. The van der Waals surface area contributed by atoms with Crippen LogP contribution in [0.3, 0.4) is 0 Å². The van der Waals surface area contributed by atoms with E-state index < -0.39 is 10.8 Å². The third-order valence-corrected chi connectivity index (χ3v) is 4.60. The number of halogens is 1. The molecule has 21 heavy (non-hydrogen) atoms. The highest BCUT2D eigenvalue weighted by molar-refractivity contribution is 6.32. The molecule has 3 unspecified atom stereocenters. The van der Waals surface area contributed by atoms with Crippen LogP contribution >= 0.6 is 11.6 Å². The Morgan fingerprint density at radius 2 is 2.19 bits per heavy atom. The van der Waals surface area contributed by atoms with Crippen LogP contribution in [0.2, 0.25) is 5.15 Å². The molecule has 1 fully saturated rings. The second kappa shape index (κ2) is 6.39. The fourth-order valence-corrected chi connectivity index (χ4v) is 2.92. The van der Waals surface area contributed by atoms with Crippen molar-refractivity contribution in [2.45, 2.75) is 39.2 Å². The summed E-state index contributed by atoms with van der Waals surface area (Å²) in [7, 11) is 0. The Hall–Kier alpha value is -1.69. The van der Waals surface area contributed by atoms with E-state index in [1.165, 1.54) is 6.07 Å². The molecule has 1 amide bonds. The third-order valence-electron chi connectivity index (χ3n) is 4.30. The van der Waals surface area contributed by atoms with E-state index in [0.29, 0.717) is 11.8 Å². The molecule has 3 atom stereocenters. The topological polar surface area (TPSA) is 85.1 Å². The Kier molecular flexibility index (Phi) is 4.77. The molecule has 0 aliphatic heterocycles. The van der Waals surface area contributed by atoms with Gasteiger partial charge in [-0.05, 0) is 18.3 Å². The summed E-state index contributed by atoms with van der Waals surface area (Å²) in [6.07, 6.45) is 4.19. The maximum absolute atomic E-state index is 12.3. The summed E-state index contributed by atoms with van der Waals surface area (Å²) in [6.45, 7) is 4.28. The number of nitro groups is 1. The van der Waals surface area contributed by atoms with Crippen LogP contribution in [0.5, 0.6) is 0 Å². The first-order chi connectivity index (χ1) is 9.90. The van der Waals surface area contributed by atoms with Crippen LogP contribution in [0.15, 0.2) is 12.3 Å². The van der Waals surface area contributed by atoms with E-state index in [9.17, 15) is 14.9 Å². The van der Waals surface area contributed by atoms with Gasteiger partial charge < -0.3 is 5.32 Å². The van der Waals surface area contributed by atoms with Crippen molar-refractivity contribution in [2.75, 3.05) is 0 Å². The Labute approximate surface area is 128 Å². The molecule has 1 aliphatic carbocycles. The zero-order chi connectivity index (χ0) is 15.6. The van der Waals surface area contributed by atoms with Gasteiger partial charge in [-0.1, -0.05) is 38.3 Å². The van der Waals surface area contributed by atoms with Gasteiger partial charge in [0.2, 0.25) is 0 Å². The monoisotopic (exact) mass is 311 g/mol. The zero-order valence-corrected chi connectivity index (χ0v) is 12.8. The van der Waals surface area contributed by atoms with Crippen LogP contribution in [0.4, 0.5) is 5.69 Å². The predicted octanol–water partition coefficient (Wildman–Crippen LogP) is 3.20. The minimum atomic E-state index is -0.592. The van der Waals surface area contributed by atoms with E-state index in [2.05, 4.69) is 24.1 Å². The number of amides is 1. The lowest BCUT2D eigenvalue weighted by molar-refractivity contribution is -0.385. The SMILES string of the molecule is CC1CCCC(NC(=O)c2cc([N+](=O)[O-])cnc2Cl)C1C. The summed E-state index contributed by atoms with van der Waals surface area (Å²) in [6, 6.07) is 1.23. The predicted molar refractivity (Wildman–Crippen MR) is 79.3 cm³/mol. The van der Waals surface area contributed by atoms with Crippen LogP contribution in [-0.4, -0.2) is 21.9 Å². The number of rotatable bonds is 3. The first-order valence-electron chi connectivity index (χ1n) is 7.01. The average Bonchev–Trinajstić information content (AvgIpc) is 2.44. The van der Waals surface area contributed by atoms with Crippen LogP contribution in [0.25, 0.3) is 0 Å². The fraction of sp³-hybridized carbons (Fsp3) is 0.571. The fourth-order valence-electron chi connectivity index (χ4n) is 2.73. The van der Waals surface area contributed by atoms with E-state index in [0.717, 1.165) is 25.5 Å². The Morgan fingerprint density at radius 1 is 1.48 bits per heavy atom. The van der Waals surface area contributed by atoms with Crippen molar-refractivity contribution in [1.82, 2.24) is 10.3 Å². The molecule has 1 saturated carbocycles. The van der Waals surface area contributed by atoms with Gasteiger partial charge >= 0.3 is 0 Å². The number of carbonyl (C=O) groups is 1. The molecule has 6 nitrogen and oxygen atoms in total. The summed E-state index contributed by atoms with van der Waals surface area (Å²) in [4.78, 5) is 26.2. The van der Waals surface area contributed by atoms with E-state index >= 15 is 0 Å². The van der Waals surface area contributed by atoms with Crippen molar-refractivity contribution in [3.63, 3.8) is 0 Å². The number of pyridine rings is 1. The molecule has 1 aliphatic rings. The Bertz CT molecular complexity index is 564. The van der Waals surface area contributed by atoms with Crippen LogP contribution in [0, 0.1) is 22.0 Å². The molecule has 1 N–H and O–H groups in total. The number of carbonyl (C=O) groups excluding carboxylic acids is 1. The molecule has 0 saturated heterocycles. The standard InChI is InChI=1S/C14H18ClN3O3/c1-8-4-3-5-12(9(8)2)17-14(19)11-6-10(18(20)21)7-16-13(11)15/h6-9,12H,3-5H2,1-2H3,(H,17,19). The Morgan fingerprint density at radius 3 is 2.86 bits per heavy atom. The van der Waals surface area contributed by atoms with Gasteiger partial charge in [0.1, 0.15) is 11.3 Å². The number of hydrogen-bond donors (Lipinski definition) is 1. The van der Waals surface area contributed by atoms with E-state index in [1.54, 1.807) is 0 Å². The van der Waals surface area contributed by atoms with Gasteiger partial charge in [0.15, 0.2) is 0 Å². The molecule has 0 spiro atoms. The van der Waals surface area contributed by atoms with Gasteiger partial charge in [0.05, 0.1) is 10.5 Å². The second-order valence-electron chi connectivity index (χ2n) is 5.64. The second-order valence-corrected chi connectivity index (χ2v) is 5.99. The number of nitrogens with zero attached hydrogens (tertiary/aromatic N) is 2. The number of hydrogen-bond acceptors (Lipinski definition) is 4. The summed E-state index contributed by atoms with van der Waals surface area (Å²) in [5.41, 5.74) is -0.189. The van der Waals surface area contributed by atoms with Gasteiger partial charge in [-0.2, -0.15) is 0 Å². The zero-order valence-electron chi connectivity index (χ0n) is 12.0. The van der Waals surface area contributed by atoms with E-state index in [-0.39, 0.29) is 22.4 Å². The van der Waals surface area contributed by atoms with Crippen molar-refractivity contribution >= 4 is 23.2 Å². The summed E-state index contributed by atoms with van der Waals surface area (Å²) in [5, 5.41) is 13.7. The first kappa shape index (κ1) is 15.7. The van der Waals surface area contributed by atoms with Gasteiger partial charge in [-0.15, -0.1) is 0 Å². The van der Waals surface area contributed by atoms with Crippen molar-refractivity contribution in [1.29, 1.82) is 0 Å². The van der Waals surface area contributed by atoms with Gasteiger partial charge in [-0.3, -0.25) is 14.9 Å². The van der Waals surface area contributed by atoms with Crippen LogP contribution in [0.1, 0.15) is 43.5 Å². The highest BCUT2D eigenvalue weighted by atomic mass is 35.5. The molecular weight excluding hydrogens is 294 g/mol. The highest BCUT2D eigenvalue weighted by Gasteiger charge is 2.29. The molecule has 114 valence electrons. The van der Waals surface area contributed by atoms with Crippen LogP contribution in [-0.2, 0) is 0 Å². The van der Waals surface area contributed by atoms with E-state index in [4.69, 9.17) is 11.6 Å². The molecule has 0 bridgehead atoms. The molecule has 0 aromatic carbocycles. The number of aromatic nitrogens is 1. The smallest absolute Gasteiger partial charge is 0.288 e. The highest BCUT2D eigenvalue weighted by Crippen LogP contribution is 2.30. The third kappa shape index (κ3) is 3.50. The summed E-state index contributed by atoms with van der Waals surface area (Å²) >= 11 is 5.88. The quantitative estimate of drug-likeness (QED) is 0.527. The van der Waals surface area contributed by atoms with Gasteiger partial charge in [0.25, 0.3) is 11.6 Å². The minimum Gasteiger partial charge on any atom is -0.349 e.